The van der Waals surface area contributed by atoms with E-state index >= 15 is 0 Å². The Bertz CT molecular complexity index is 1660. The number of halogens is 1. The van der Waals surface area contributed by atoms with Crippen LogP contribution in [0.4, 0.5) is 17.1 Å². The summed E-state index contributed by atoms with van der Waals surface area (Å²) in [5.74, 6) is -0.528. The maximum atomic E-state index is 12.8. The predicted molar refractivity (Wildman–Crippen MR) is 149 cm³/mol. The molecule has 186 valence electrons. The Kier molecular flexibility index (Phi) is 6.92. The standard InChI is InChI=1S/C27H21ClN4O3S2/c1-17(18-12-13-26-24(15-18)29-23-10-2-3-11-25(23)36-26)30-31-27(33)19-6-4-9-22(14-19)37(34,35)32-21-8-5-7-20(28)16-21/h2-16,29,32H,1H3,(H,31,33)/b30-17+. The summed E-state index contributed by atoms with van der Waals surface area (Å²) in [7, 11) is -3.92. The molecule has 0 bridgehead atoms. The van der Waals surface area contributed by atoms with Crippen LogP contribution in [-0.4, -0.2) is 20.0 Å². The third-order valence-corrected chi connectivity index (χ3v) is 8.35. The van der Waals surface area contributed by atoms with Crippen LogP contribution >= 0.6 is 23.4 Å². The second kappa shape index (κ2) is 10.3. The molecule has 0 saturated carbocycles. The van der Waals surface area contributed by atoms with Gasteiger partial charge in [-0.25, -0.2) is 13.8 Å². The minimum Gasteiger partial charge on any atom is -0.354 e. The lowest BCUT2D eigenvalue weighted by atomic mass is 10.1. The fourth-order valence-corrected chi connectivity index (χ4v) is 5.95. The molecule has 0 saturated heterocycles. The van der Waals surface area contributed by atoms with Gasteiger partial charge in [0.25, 0.3) is 15.9 Å². The molecule has 1 aliphatic rings. The lowest BCUT2D eigenvalue weighted by molar-refractivity contribution is 0.0954. The van der Waals surface area contributed by atoms with Gasteiger partial charge in [0.05, 0.1) is 27.7 Å². The van der Waals surface area contributed by atoms with Crippen molar-refractivity contribution < 1.29 is 13.2 Å². The molecule has 7 nitrogen and oxygen atoms in total. The zero-order chi connectivity index (χ0) is 26.0. The van der Waals surface area contributed by atoms with E-state index in [1.807, 2.05) is 36.4 Å². The number of carbonyl (C=O) groups is 1. The van der Waals surface area contributed by atoms with Gasteiger partial charge in [0.15, 0.2) is 0 Å². The molecule has 1 amide bonds. The van der Waals surface area contributed by atoms with Crippen molar-refractivity contribution in [2.45, 2.75) is 21.6 Å². The maximum absolute atomic E-state index is 12.8. The van der Waals surface area contributed by atoms with Crippen molar-refractivity contribution >= 4 is 62.1 Å². The van der Waals surface area contributed by atoms with E-state index in [4.69, 9.17) is 11.6 Å². The first kappa shape index (κ1) is 24.9. The largest absolute Gasteiger partial charge is 0.354 e. The van der Waals surface area contributed by atoms with Gasteiger partial charge in [-0.3, -0.25) is 9.52 Å². The minimum absolute atomic E-state index is 0.0561. The lowest BCUT2D eigenvalue weighted by Crippen LogP contribution is -2.20. The number of rotatable bonds is 6. The molecule has 4 aromatic carbocycles. The van der Waals surface area contributed by atoms with Crippen LogP contribution in [0.15, 0.2) is 111 Å². The Morgan fingerprint density at radius 1 is 0.865 bits per heavy atom. The number of carbonyl (C=O) groups excluding carboxylic acids is 1. The Hall–Kier alpha value is -3.79. The van der Waals surface area contributed by atoms with Crippen molar-refractivity contribution in [1.29, 1.82) is 0 Å². The number of anilines is 3. The molecule has 0 spiro atoms. The highest BCUT2D eigenvalue weighted by molar-refractivity contribution is 7.99. The average molecular weight is 549 g/mol. The van der Waals surface area contributed by atoms with Gasteiger partial charge in [-0.05, 0) is 73.2 Å². The molecule has 10 heteroatoms. The summed E-state index contributed by atoms with van der Waals surface area (Å²) < 4.78 is 28.1. The molecule has 1 heterocycles. The van der Waals surface area contributed by atoms with Crippen molar-refractivity contribution in [2.75, 3.05) is 10.0 Å². The molecule has 5 rings (SSSR count). The summed E-state index contributed by atoms with van der Waals surface area (Å²) in [5.41, 5.74) is 6.45. The third kappa shape index (κ3) is 5.64. The zero-order valence-electron chi connectivity index (χ0n) is 19.5. The predicted octanol–water partition coefficient (Wildman–Crippen LogP) is 6.50. The molecule has 3 N–H and O–H groups in total. The van der Waals surface area contributed by atoms with Crippen LogP contribution in [-0.2, 0) is 10.0 Å². The highest BCUT2D eigenvalue weighted by atomic mass is 35.5. The Morgan fingerprint density at radius 2 is 1.65 bits per heavy atom. The van der Waals surface area contributed by atoms with Crippen LogP contribution < -0.4 is 15.5 Å². The second-order valence-corrected chi connectivity index (χ2v) is 11.4. The minimum atomic E-state index is -3.92. The number of fused-ring (bicyclic) bond motifs is 2. The monoisotopic (exact) mass is 548 g/mol. The first-order valence-corrected chi connectivity index (χ1v) is 13.9. The molecule has 4 aromatic rings. The Labute approximate surface area is 224 Å². The van der Waals surface area contributed by atoms with E-state index in [-0.39, 0.29) is 10.5 Å². The summed E-state index contributed by atoms with van der Waals surface area (Å²) in [4.78, 5) is 15.0. The van der Waals surface area contributed by atoms with Crippen molar-refractivity contribution in [3.63, 3.8) is 0 Å². The molecule has 0 unspecified atom stereocenters. The quantitative estimate of drug-likeness (QED) is 0.166. The SMILES string of the molecule is C/C(=N\NC(=O)c1cccc(S(=O)(=O)Nc2cccc(Cl)c2)c1)c1ccc2c(c1)Nc1ccccc1S2. The summed E-state index contributed by atoms with van der Waals surface area (Å²) >= 11 is 7.63. The normalized spacial score (nSPS) is 12.6. The first-order valence-electron chi connectivity index (χ1n) is 11.2. The highest BCUT2D eigenvalue weighted by Gasteiger charge is 2.18. The van der Waals surface area contributed by atoms with Gasteiger partial charge in [0.1, 0.15) is 0 Å². The van der Waals surface area contributed by atoms with Crippen LogP contribution in [0.3, 0.4) is 0 Å². The van der Waals surface area contributed by atoms with Gasteiger partial charge in [0.2, 0.25) is 0 Å². The van der Waals surface area contributed by atoms with Crippen molar-refractivity contribution in [3.8, 4) is 0 Å². The summed E-state index contributed by atoms with van der Waals surface area (Å²) in [6.07, 6.45) is 0. The number of benzene rings is 4. The number of nitrogens with one attached hydrogen (secondary N) is 3. The third-order valence-electron chi connectivity index (χ3n) is 5.58. The van der Waals surface area contributed by atoms with E-state index < -0.39 is 15.9 Å². The van der Waals surface area contributed by atoms with Gasteiger partial charge < -0.3 is 5.32 Å². The van der Waals surface area contributed by atoms with E-state index in [1.165, 1.54) is 30.3 Å². The molecule has 37 heavy (non-hydrogen) atoms. The van der Waals surface area contributed by atoms with Crippen LogP contribution in [0.2, 0.25) is 5.02 Å². The van der Waals surface area contributed by atoms with E-state index in [2.05, 4.69) is 26.6 Å². The van der Waals surface area contributed by atoms with Gasteiger partial charge >= 0.3 is 0 Å². The van der Waals surface area contributed by atoms with Crippen molar-refractivity contribution in [2.24, 2.45) is 5.10 Å². The summed E-state index contributed by atoms with van der Waals surface area (Å²) in [6.45, 7) is 1.79. The average Bonchev–Trinajstić information content (AvgIpc) is 2.90. The zero-order valence-corrected chi connectivity index (χ0v) is 21.9. The summed E-state index contributed by atoms with van der Waals surface area (Å²) in [5, 5.41) is 8.07. The number of para-hydroxylation sites is 1. The van der Waals surface area contributed by atoms with Crippen LogP contribution in [0.5, 0.6) is 0 Å². The van der Waals surface area contributed by atoms with Crippen LogP contribution in [0.25, 0.3) is 0 Å². The van der Waals surface area contributed by atoms with Gasteiger partial charge in [-0.15, -0.1) is 0 Å². The number of hydrogen-bond donors (Lipinski definition) is 3. The molecule has 0 aromatic heterocycles. The lowest BCUT2D eigenvalue weighted by Gasteiger charge is -2.21. The Balaban J connectivity index is 1.30. The molecular weight excluding hydrogens is 528 g/mol. The van der Waals surface area contributed by atoms with Gasteiger partial charge in [0, 0.05) is 20.4 Å². The smallest absolute Gasteiger partial charge is 0.271 e. The van der Waals surface area contributed by atoms with Crippen molar-refractivity contribution in [3.05, 3.63) is 107 Å². The van der Waals surface area contributed by atoms with E-state index in [9.17, 15) is 13.2 Å². The fourth-order valence-electron chi connectivity index (χ4n) is 3.70. The first-order chi connectivity index (χ1) is 17.8. The van der Waals surface area contributed by atoms with E-state index in [0.29, 0.717) is 16.4 Å². The molecule has 0 aliphatic carbocycles. The van der Waals surface area contributed by atoms with Gasteiger partial charge in [-0.2, -0.15) is 5.10 Å². The van der Waals surface area contributed by atoms with Crippen molar-refractivity contribution in [1.82, 2.24) is 5.43 Å². The van der Waals surface area contributed by atoms with Crippen LogP contribution in [0, 0.1) is 0 Å². The number of sulfonamides is 1. The van der Waals surface area contributed by atoms with E-state index in [0.717, 1.165) is 26.7 Å². The molecular formula is C27H21ClN4O3S2. The second-order valence-electron chi connectivity index (χ2n) is 8.22. The fraction of sp³-hybridized carbons (Fsp3) is 0.0370. The topological polar surface area (TPSA) is 99.7 Å². The maximum Gasteiger partial charge on any atom is 0.271 e. The molecule has 0 radical (unpaired) electrons. The highest BCUT2D eigenvalue weighted by Crippen LogP contribution is 2.44. The number of hydrazone groups is 1. The molecule has 1 aliphatic heterocycles. The summed E-state index contributed by atoms with van der Waals surface area (Å²) in [6, 6.07) is 26.1. The van der Waals surface area contributed by atoms with E-state index in [1.54, 1.807) is 36.9 Å². The number of amides is 1. The van der Waals surface area contributed by atoms with Crippen LogP contribution in [0.1, 0.15) is 22.8 Å². The number of nitrogens with zero attached hydrogens (tertiary/aromatic N) is 1. The molecule has 0 atom stereocenters. The Morgan fingerprint density at radius 3 is 2.49 bits per heavy atom. The molecule has 0 fully saturated rings. The van der Waals surface area contributed by atoms with Gasteiger partial charge in [-0.1, -0.05) is 53.7 Å². The number of hydrogen-bond acceptors (Lipinski definition) is 6.